The average Bonchev–Trinajstić information content (AvgIpc) is 2.84. The highest BCUT2D eigenvalue weighted by Gasteiger charge is 2.05. The Labute approximate surface area is 100 Å². The quantitative estimate of drug-likeness (QED) is 0.846. The van der Waals surface area contributed by atoms with E-state index in [0.29, 0.717) is 6.54 Å². The van der Waals surface area contributed by atoms with Crippen LogP contribution in [-0.4, -0.2) is 28.4 Å². The van der Waals surface area contributed by atoms with Crippen molar-refractivity contribution in [2.75, 3.05) is 13.7 Å². The normalized spacial score (nSPS) is 10.5. The minimum atomic E-state index is 0.711. The molecule has 0 amide bonds. The number of benzene rings is 1. The Kier molecular flexibility index (Phi) is 3.72. The van der Waals surface area contributed by atoms with Gasteiger partial charge in [0.25, 0.3) is 0 Å². The first-order valence-electron chi connectivity index (χ1n) is 5.59. The first-order valence-corrected chi connectivity index (χ1v) is 5.59. The molecule has 1 aromatic carbocycles. The summed E-state index contributed by atoms with van der Waals surface area (Å²) in [5, 5.41) is 7.45. The minimum Gasteiger partial charge on any atom is -0.497 e. The summed E-state index contributed by atoms with van der Waals surface area (Å²) in [6.45, 7) is 3.69. The number of rotatable bonds is 5. The molecule has 0 radical (unpaired) electrons. The summed E-state index contributed by atoms with van der Waals surface area (Å²) >= 11 is 0. The molecule has 1 N–H and O–H groups in total. The lowest BCUT2D eigenvalue weighted by Crippen LogP contribution is -2.16. The van der Waals surface area contributed by atoms with E-state index >= 15 is 0 Å². The summed E-state index contributed by atoms with van der Waals surface area (Å²) in [6, 6.07) is 7.74. The fraction of sp³-hybridized carbons (Fsp3) is 0.333. The highest BCUT2D eigenvalue weighted by atomic mass is 16.5. The smallest absolute Gasteiger partial charge is 0.146 e. The van der Waals surface area contributed by atoms with E-state index in [1.807, 2.05) is 28.9 Å². The van der Waals surface area contributed by atoms with E-state index in [1.165, 1.54) is 0 Å². The molecule has 2 rings (SSSR count). The Morgan fingerprint density at radius 2 is 2.06 bits per heavy atom. The standard InChI is InChI=1S/C12H16N4O/c1-3-13-8-12-14-9-15-16(12)10-4-6-11(17-2)7-5-10/h4-7,9,13H,3,8H2,1-2H3. The third-order valence-electron chi connectivity index (χ3n) is 2.47. The number of hydrogen-bond donors (Lipinski definition) is 1. The molecule has 2 aromatic rings. The lowest BCUT2D eigenvalue weighted by Gasteiger charge is -2.07. The van der Waals surface area contributed by atoms with Gasteiger partial charge in [-0.25, -0.2) is 9.67 Å². The molecule has 0 aliphatic heterocycles. The van der Waals surface area contributed by atoms with Crippen LogP contribution in [0.25, 0.3) is 5.69 Å². The predicted molar refractivity (Wildman–Crippen MR) is 65.3 cm³/mol. The zero-order valence-electron chi connectivity index (χ0n) is 10.1. The van der Waals surface area contributed by atoms with Crippen LogP contribution in [0.15, 0.2) is 30.6 Å². The molecule has 0 unspecified atom stereocenters. The van der Waals surface area contributed by atoms with Crippen molar-refractivity contribution < 1.29 is 4.74 Å². The summed E-state index contributed by atoms with van der Waals surface area (Å²) in [5.74, 6) is 1.74. The van der Waals surface area contributed by atoms with Crippen molar-refractivity contribution in [1.82, 2.24) is 20.1 Å². The van der Waals surface area contributed by atoms with Crippen LogP contribution in [-0.2, 0) is 6.54 Å². The molecule has 0 atom stereocenters. The molecule has 1 heterocycles. The first-order chi connectivity index (χ1) is 8.35. The maximum absolute atomic E-state index is 5.12. The fourth-order valence-electron chi connectivity index (χ4n) is 1.56. The SMILES string of the molecule is CCNCc1ncnn1-c1ccc(OC)cc1. The van der Waals surface area contributed by atoms with Gasteiger partial charge in [0.05, 0.1) is 19.3 Å². The molecule has 0 bridgehead atoms. The number of hydrogen-bond acceptors (Lipinski definition) is 4. The van der Waals surface area contributed by atoms with Crippen LogP contribution in [0, 0.1) is 0 Å². The van der Waals surface area contributed by atoms with Gasteiger partial charge in [-0.1, -0.05) is 6.92 Å². The molecule has 5 nitrogen and oxygen atoms in total. The molecule has 0 saturated heterocycles. The lowest BCUT2D eigenvalue weighted by molar-refractivity contribution is 0.414. The second kappa shape index (κ2) is 5.45. The minimum absolute atomic E-state index is 0.711. The van der Waals surface area contributed by atoms with E-state index in [1.54, 1.807) is 13.4 Å². The largest absolute Gasteiger partial charge is 0.497 e. The zero-order valence-corrected chi connectivity index (χ0v) is 10.1. The average molecular weight is 232 g/mol. The highest BCUT2D eigenvalue weighted by molar-refractivity contribution is 5.37. The van der Waals surface area contributed by atoms with Gasteiger partial charge >= 0.3 is 0 Å². The number of aromatic nitrogens is 3. The van der Waals surface area contributed by atoms with Crippen molar-refractivity contribution in [3.05, 3.63) is 36.4 Å². The zero-order chi connectivity index (χ0) is 12.1. The maximum atomic E-state index is 5.12. The van der Waals surface area contributed by atoms with Gasteiger partial charge in [0.15, 0.2) is 0 Å². The number of nitrogens with one attached hydrogen (secondary N) is 1. The second-order valence-electron chi connectivity index (χ2n) is 3.57. The summed E-state index contributed by atoms with van der Waals surface area (Å²) in [4.78, 5) is 4.23. The van der Waals surface area contributed by atoms with Crippen LogP contribution in [0.4, 0.5) is 0 Å². The molecule has 0 fully saturated rings. The van der Waals surface area contributed by atoms with Crippen LogP contribution in [0.3, 0.4) is 0 Å². The Bertz CT molecular complexity index is 464. The van der Waals surface area contributed by atoms with Gasteiger partial charge in [-0.15, -0.1) is 0 Å². The van der Waals surface area contributed by atoms with Crippen molar-refractivity contribution in [2.45, 2.75) is 13.5 Å². The molecule has 0 saturated carbocycles. The molecule has 0 spiro atoms. The summed E-state index contributed by atoms with van der Waals surface area (Å²) in [7, 11) is 1.65. The van der Waals surface area contributed by atoms with Crippen molar-refractivity contribution in [1.29, 1.82) is 0 Å². The third-order valence-corrected chi connectivity index (χ3v) is 2.47. The maximum Gasteiger partial charge on any atom is 0.146 e. The van der Waals surface area contributed by atoms with E-state index < -0.39 is 0 Å². The van der Waals surface area contributed by atoms with Gasteiger partial charge in [0.1, 0.15) is 17.9 Å². The molecule has 0 aliphatic rings. The molecule has 5 heteroatoms. The molecular formula is C12H16N4O. The van der Waals surface area contributed by atoms with Gasteiger partial charge in [-0.05, 0) is 30.8 Å². The van der Waals surface area contributed by atoms with E-state index in [9.17, 15) is 0 Å². The van der Waals surface area contributed by atoms with Gasteiger partial charge in [-0.3, -0.25) is 0 Å². The predicted octanol–water partition coefficient (Wildman–Crippen LogP) is 1.39. The van der Waals surface area contributed by atoms with Crippen molar-refractivity contribution in [2.24, 2.45) is 0 Å². The third kappa shape index (κ3) is 2.62. The van der Waals surface area contributed by atoms with Gasteiger partial charge < -0.3 is 10.1 Å². The second-order valence-corrected chi connectivity index (χ2v) is 3.57. The van der Waals surface area contributed by atoms with Crippen molar-refractivity contribution >= 4 is 0 Å². The Morgan fingerprint density at radius 3 is 2.71 bits per heavy atom. The number of methoxy groups -OCH3 is 1. The van der Waals surface area contributed by atoms with Gasteiger partial charge in [-0.2, -0.15) is 5.10 Å². The van der Waals surface area contributed by atoms with E-state index in [4.69, 9.17) is 4.74 Å². The van der Waals surface area contributed by atoms with E-state index in [-0.39, 0.29) is 0 Å². The molecular weight excluding hydrogens is 216 g/mol. The highest BCUT2D eigenvalue weighted by Crippen LogP contribution is 2.14. The molecule has 90 valence electrons. The molecule has 17 heavy (non-hydrogen) atoms. The Balaban J connectivity index is 2.23. The van der Waals surface area contributed by atoms with Gasteiger partial charge in [0, 0.05) is 0 Å². The Morgan fingerprint density at radius 1 is 1.29 bits per heavy atom. The Hall–Kier alpha value is -1.88. The number of ether oxygens (including phenoxy) is 1. The topological polar surface area (TPSA) is 52.0 Å². The van der Waals surface area contributed by atoms with Crippen LogP contribution >= 0.6 is 0 Å². The fourth-order valence-corrected chi connectivity index (χ4v) is 1.56. The number of nitrogens with zero attached hydrogens (tertiary/aromatic N) is 3. The van der Waals surface area contributed by atoms with Crippen molar-refractivity contribution in [3.63, 3.8) is 0 Å². The van der Waals surface area contributed by atoms with Crippen LogP contribution < -0.4 is 10.1 Å². The monoisotopic (exact) mass is 232 g/mol. The van der Waals surface area contributed by atoms with Crippen LogP contribution in [0.5, 0.6) is 5.75 Å². The lowest BCUT2D eigenvalue weighted by atomic mass is 10.3. The van der Waals surface area contributed by atoms with Gasteiger partial charge in [0.2, 0.25) is 0 Å². The van der Waals surface area contributed by atoms with Crippen LogP contribution in [0.1, 0.15) is 12.7 Å². The van der Waals surface area contributed by atoms with E-state index in [2.05, 4.69) is 22.3 Å². The summed E-state index contributed by atoms with van der Waals surface area (Å²) < 4.78 is 6.95. The first kappa shape index (κ1) is 11.6. The molecule has 0 aliphatic carbocycles. The summed E-state index contributed by atoms with van der Waals surface area (Å²) in [5.41, 5.74) is 0.983. The molecule has 1 aromatic heterocycles. The van der Waals surface area contributed by atoms with Crippen molar-refractivity contribution in [3.8, 4) is 11.4 Å². The van der Waals surface area contributed by atoms with E-state index in [0.717, 1.165) is 23.8 Å². The van der Waals surface area contributed by atoms with Crippen LogP contribution in [0.2, 0.25) is 0 Å². The summed E-state index contributed by atoms with van der Waals surface area (Å²) in [6.07, 6.45) is 1.57.